The Labute approximate surface area is 172 Å². The van der Waals surface area contributed by atoms with Gasteiger partial charge in [0.2, 0.25) is 0 Å². The van der Waals surface area contributed by atoms with Gasteiger partial charge < -0.3 is 19.9 Å². The Morgan fingerprint density at radius 1 is 1.03 bits per heavy atom. The molecule has 3 saturated heterocycles. The van der Waals surface area contributed by atoms with Crippen molar-refractivity contribution in [2.24, 2.45) is 5.92 Å². The summed E-state index contributed by atoms with van der Waals surface area (Å²) in [6.07, 6.45) is 3.31. The Balaban J connectivity index is 1.43. The fraction of sp³-hybridized carbons (Fsp3) is 0.458. The quantitative estimate of drug-likeness (QED) is 0.872. The van der Waals surface area contributed by atoms with Gasteiger partial charge in [-0.25, -0.2) is 4.79 Å². The van der Waals surface area contributed by atoms with Gasteiger partial charge in [-0.2, -0.15) is 0 Å². The first-order valence-corrected chi connectivity index (χ1v) is 10.7. The number of hydrogen-bond donors (Lipinski definition) is 1. The number of carbonyl (C=O) groups is 1. The van der Waals surface area contributed by atoms with Crippen molar-refractivity contribution in [3.05, 3.63) is 65.2 Å². The first kappa shape index (κ1) is 18.5. The first-order chi connectivity index (χ1) is 14.2. The predicted molar refractivity (Wildman–Crippen MR) is 113 cm³/mol. The van der Waals surface area contributed by atoms with Crippen LogP contribution in [0, 0.1) is 5.92 Å². The Morgan fingerprint density at radius 2 is 1.79 bits per heavy atom. The third-order valence-electron chi connectivity index (χ3n) is 6.94. The SMILES string of the molecule is COc1ccc(C2c3ccccc3CCN2C(=O)NC2CN3CCC2CC3)cc1. The number of urea groups is 1. The Hall–Kier alpha value is -2.53. The van der Waals surface area contributed by atoms with Gasteiger partial charge in [-0.05, 0) is 67.1 Å². The minimum absolute atomic E-state index is 0.0630. The number of ether oxygens (including phenoxy) is 1. The molecule has 5 nitrogen and oxygen atoms in total. The van der Waals surface area contributed by atoms with Gasteiger partial charge in [0.05, 0.1) is 13.2 Å². The van der Waals surface area contributed by atoms with E-state index in [1.807, 2.05) is 17.0 Å². The van der Waals surface area contributed by atoms with Crippen molar-refractivity contribution in [3.63, 3.8) is 0 Å². The standard InChI is InChI=1S/C24H29N3O2/c1-29-20-8-6-19(7-9-20)23-21-5-3-2-4-17(21)12-15-27(23)24(28)25-22-16-26-13-10-18(22)11-14-26/h2-9,18,22-23H,10-16H2,1H3,(H,25,28). The molecule has 4 heterocycles. The molecule has 1 N–H and O–H groups in total. The van der Waals surface area contributed by atoms with Crippen molar-refractivity contribution < 1.29 is 9.53 Å². The lowest BCUT2D eigenvalue weighted by molar-refractivity contribution is 0.0715. The van der Waals surface area contributed by atoms with Gasteiger partial charge in [0.15, 0.2) is 0 Å². The lowest BCUT2D eigenvalue weighted by Gasteiger charge is -2.46. The molecule has 29 heavy (non-hydrogen) atoms. The summed E-state index contributed by atoms with van der Waals surface area (Å²) in [6, 6.07) is 16.9. The van der Waals surface area contributed by atoms with E-state index in [1.54, 1.807) is 7.11 Å². The minimum Gasteiger partial charge on any atom is -0.497 e. The summed E-state index contributed by atoms with van der Waals surface area (Å²) in [6.45, 7) is 4.10. The molecule has 2 aromatic carbocycles. The predicted octanol–water partition coefficient (Wildman–Crippen LogP) is 3.45. The lowest BCUT2D eigenvalue weighted by Crippen LogP contribution is -2.59. The van der Waals surface area contributed by atoms with Crippen LogP contribution in [0.2, 0.25) is 0 Å². The van der Waals surface area contributed by atoms with Crippen molar-refractivity contribution in [2.75, 3.05) is 33.3 Å². The minimum atomic E-state index is -0.0630. The summed E-state index contributed by atoms with van der Waals surface area (Å²) >= 11 is 0. The van der Waals surface area contributed by atoms with Crippen LogP contribution in [0.25, 0.3) is 0 Å². The Bertz CT molecular complexity index is 874. The second-order valence-electron chi connectivity index (χ2n) is 8.51. The van der Waals surface area contributed by atoms with Crippen molar-refractivity contribution in [1.82, 2.24) is 15.1 Å². The number of hydrogen-bond acceptors (Lipinski definition) is 3. The molecule has 152 valence electrons. The number of nitrogens with zero attached hydrogens (tertiary/aromatic N) is 2. The summed E-state index contributed by atoms with van der Waals surface area (Å²) < 4.78 is 5.33. The highest BCUT2D eigenvalue weighted by Gasteiger charge is 2.38. The van der Waals surface area contributed by atoms with Crippen molar-refractivity contribution in [1.29, 1.82) is 0 Å². The van der Waals surface area contributed by atoms with Gasteiger partial charge in [0.25, 0.3) is 0 Å². The molecule has 0 aliphatic carbocycles. The van der Waals surface area contributed by atoms with Gasteiger partial charge in [0, 0.05) is 19.1 Å². The summed E-state index contributed by atoms with van der Waals surface area (Å²) in [5.74, 6) is 1.46. The van der Waals surface area contributed by atoms with Crippen LogP contribution in [0.4, 0.5) is 4.79 Å². The summed E-state index contributed by atoms with van der Waals surface area (Å²) in [5, 5.41) is 3.39. The molecule has 0 aromatic heterocycles. The van der Waals surface area contributed by atoms with Crippen molar-refractivity contribution >= 4 is 6.03 Å². The fourth-order valence-electron chi connectivity index (χ4n) is 5.30. The van der Waals surface area contributed by atoms with Crippen LogP contribution >= 0.6 is 0 Å². The van der Waals surface area contributed by atoms with E-state index in [9.17, 15) is 4.79 Å². The number of piperidine rings is 3. The molecule has 2 aromatic rings. The highest BCUT2D eigenvalue weighted by molar-refractivity contribution is 5.76. The van der Waals surface area contributed by atoms with E-state index < -0.39 is 0 Å². The Kier molecular flexibility index (Phi) is 4.92. The number of amides is 2. The molecule has 2 unspecified atom stereocenters. The van der Waals surface area contributed by atoms with Crippen LogP contribution < -0.4 is 10.1 Å². The fourth-order valence-corrected chi connectivity index (χ4v) is 5.30. The van der Waals surface area contributed by atoms with Gasteiger partial charge in [-0.15, -0.1) is 0 Å². The van der Waals surface area contributed by atoms with E-state index in [1.165, 1.54) is 37.1 Å². The number of carbonyl (C=O) groups excluding carboxylic acids is 1. The van der Waals surface area contributed by atoms with Crippen molar-refractivity contribution in [3.8, 4) is 5.75 Å². The van der Waals surface area contributed by atoms with Gasteiger partial charge in [-0.1, -0.05) is 36.4 Å². The summed E-state index contributed by atoms with van der Waals surface area (Å²) in [7, 11) is 1.68. The van der Waals surface area contributed by atoms with Crippen LogP contribution in [0.5, 0.6) is 5.75 Å². The average Bonchev–Trinajstić information content (AvgIpc) is 2.79. The molecule has 2 amide bonds. The number of fused-ring (bicyclic) bond motifs is 4. The van der Waals surface area contributed by atoms with Crippen LogP contribution in [-0.2, 0) is 6.42 Å². The van der Waals surface area contributed by atoms with E-state index >= 15 is 0 Å². The average molecular weight is 392 g/mol. The zero-order valence-corrected chi connectivity index (χ0v) is 17.0. The molecular formula is C24H29N3O2. The van der Waals surface area contributed by atoms with Crippen molar-refractivity contribution in [2.45, 2.75) is 31.3 Å². The molecule has 0 radical (unpaired) electrons. The van der Waals surface area contributed by atoms with E-state index in [0.29, 0.717) is 5.92 Å². The van der Waals surface area contributed by atoms with Gasteiger partial charge in [0.1, 0.15) is 5.75 Å². The molecule has 5 heteroatoms. The molecule has 0 saturated carbocycles. The molecule has 3 fully saturated rings. The largest absolute Gasteiger partial charge is 0.497 e. The molecule has 4 aliphatic heterocycles. The third-order valence-corrected chi connectivity index (χ3v) is 6.94. The maximum Gasteiger partial charge on any atom is 0.318 e. The lowest BCUT2D eigenvalue weighted by atomic mass is 9.84. The molecule has 0 spiro atoms. The third kappa shape index (κ3) is 3.48. The van der Waals surface area contributed by atoms with E-state index in [4.69, 9.17) is 4.74 Å². The zero-order chi connectivity index (χ0) is 19.8. The van der Waals surface area contributed by atoms with E-state index in [0.717, 1.165) is 30.8 Å². The molecule has 4 aliphatic rings. The molecular weight excluding hydrogens is 362 g/mol. The van der Waals surface area contributed by atoms with Crippen LogP contribution in [0.3, 0.4) is 0 Å². The van der Waals surface area contributed by atoms with Gasteiger partial charge >= 0.3 is 6.03 Å². The number of methoxy groups -OCH3 is 1. The summed E-state index contributed by atoms with van der Waals surface area (Å²) in [4.78, 5) is 17.9. The topological polar surface area (TPSA) is 44.8 Å². The maximum atomic E-state index is 13.4. The normalized spacial score (nSPS) is 28.0. The number of rotatable bonds is 3. The highest BCUT2D eigenvalue weighted by Crippen LogP contribution is 2.36. The van der Waals surface area contributed by atoms with Gasteiger partial charge in [-0.3, -0.25) is 0 Å². The molecule has 2 bridgehead atoms. The summed E-state index contributed by atoms with van der Waals surface area (Å²) in [5.41, 5.74) is 3.69. The molecule has 2 atom stereocenters. The number of benzene rings is 2. The highest BCUT2D eigenvalue weighted by atomic mass is 16.5. The van der Waals surface area contributed by atoms with E-state index in [2.05, 4.69) is 46.6 Å². The van der Waals surface area contributed by atoms with Crippen LogP contribution in [0.1, 0.15) is 35.6 Å². The van der Waals surface area contributed by atoms with E-state index in [-0.39, 0.29) is 18.1 Å². The first-order valence-electron chi connectivity index (χ1n) is 10.7. The maximum absolute atomic E-state index is 13.4. The second-order valence-corrected chi connectivity index (χ2v) is 8.51. The monoisotopic (exact) mass is 391 g/mol. The molecule has 6 rings (SSSR count). The second kappa shape index (κ2) is 7.71. The zero-order valence-electron chi connectivity index (χ0n) is 17.0. The van der Waals surface area contributed by atoms with Crippen LogP contribution in [0.15, 0.2) is 48.5 Å². The number of nitrogens with one attached hydrogen (secondary N) is 1. The Morgan fingerprint density at radius 3 is 2.48 bits per heavy atom. The van der Waals surface area contributed by atoms with Crippen LogP contribution in [-0.4, -0.2) is 55.2 Å². The smallest absolute Gasteiger partial charge is 0.318 e.